The average Bonchev–Trinajstić information content (AvgIpc) is 2.49. The van der Waals surface area contributed by atoms with Gasteiger partial charge in [-0.1, -0.05) is 26.0 Å². The van der Waals surface area contributed by atoms with E-state index in [4.69, 9.17) is 0 Å². The lowest BCUT2D eigenvalue weighted by Gasteiger charge is -2.38. The lowest BCUT2D eigenvalue weighted by Crippen LogP contribution is -2.51. The van der Waals surface area contributed by atoms with Crippen molar-refractivity contribution in [3.63, 3.8) is 0 Å². The van der Waals surface area contributed by atoms with Gasteiger partial charge in [0.2, 0.25) is 5.91 Å². The monoisotopic (exact) mass is 273 g/mol. The number of benzene rings is 1. The highest BCUT2D eigenvalue weighted by Gasteiger charge is 2.31. The fraction of sp³-hybridized carbons (Fsp3) is 0.562. The topological polar surface area (TPSA) is 44.4 Å². The molecule has 1 aromatic carbocycles. The van der Waals surface area contributed by atoms with E-state index in [0.29, 0.717) is 12.5 Å². The zero-order chi connectivity index (χ0) is 14.1. The summed E-state index contributed by atoms with van der Waals surface area (Å²) in [5.74, 6) is 1.54. The largest absolute Gasteiger partial charge is 0.381 e. The molecule has 0 radical (unpaired) electrons. The van der Waals surface area contributed by atoms with Crippen molar-refractivity contribution in [3.8, 4) is 0 Å². The molecule has 3 rings (SSSR count). The number of anilines is 2. The van der Waals surface area contributed by atoms with Crippen LogP contribution in [0.5, 0.6) is 0 Å². The van der Waals surface area contributed by atoms with Crippen molar-refractivity contribution in [1.29, 1.82) is 0 Å². The third-order valence-electron chi connectivity index (χ3n) is 4.70. The molecule has 1 fully saturated rings. The van der Waals surface area contributed by atoms with Gasteiger partial charge in [-0.15, -0.1) is 0 Å². The molecule has 108 valence electrons. The first kappa shape index (κ1) is 13.3. The molecule has 20 heavy (non-hydrogen) atoms. The summed E-state index contributed by atoms with van der Waals surface area (Å²) in [6.45, 7) is 6.97. The van der Waals surface area contributed by atoms with E-state index >= 15 is 0 Å². The fourth-order valence-corrected chi connectivity index (χ4v) is 3.05. The molecule has 0 bridgehead atoms. The van der Waals surface area contributed by atoms with Gasteiger partial charge < -0.3 is 15.5 Å². The van der Waals surface area contributed by atoms with Gasteiger partial charge in [0.05, 0.1) is 11.4 Å². The maximum Gasteiger partial charge on any atom is 0.246 e. The van der Waals surface area contributed by atoms with Crippen LogP contribution in [0.1, 0.15) is 20.3 Å². The second kappa shape index (κ2) is 5.35. The van der Waals surface area contributed by atoms with Crippen molar-refractivity contribution in [2.45, 2.75) is 26.3 Å². The quantitative estimate of drug-likeness (QED) is 0.826. The van der Waals surface area contributed by atoms with Gasteiger partial charge >= 0.3 is 0 Å². The summed E-state index contributed by atoms with van der Waals surface area (Å²) in [7, 11) is 0. The number of fused-ring (bicyclic) bond motifs is 1. The van der Waals surface area contributed by atoms with Gasteiger partial charge in [0.1, 0.15) is 6.04 Å². The van der Waals surface area contributed by atoms with Crippen LogP contribution < -0.4 is 10.6 Å². The standard InChI is InChI=1S/C16H23N3O/c1-11-7-8-19(10-12(11)2)16(20)15-9-17-13-5-3-4-6-14(13)18-15/h3-6,11-12,15,17-18H,7-10H2,1-2H3. The molecule has 0 saturated carbocycles. The summed E-state index contributed by atoms with van der Waals surface area (Å²) in [5.41, 5.74) is 2.10. The van der Waals surface area contributed by atoms with Crippen LogP contribution in [0, 0.1) is 11.8 Å². The average molecular weight is 273 g/mol. The molecule has 4 nitrogen and oxygen atoms in total. The van der Waals surface area contributed by atoms with E-state index in [1.54, 1.807) is 0 Å². The van der Waals surface area contributed by atoms with Gasteiger partial charge in [-0.2, -0.15) is 0 Å². The SMILES string of the molecule is CC1CCN(C(=O)C2CNc3ccccc3N2)CC1C. The Morgan fingerprint density at radius 2 is 1.95 bits per heavy atom. The number of nitrogens with one attached hydrogen (secondary N) is 2. The molecule has 1 aromatic rings. The van der Waals surface area contributed by atoms with Crippen molar-refractivity contribution < 1.29 is 4.79 Å². The molecular weight excluding hydrogens is 250 g/mol. The van der Waals surface area contributed by atoms with Gasteiger partial charge in [-0.25, -0.2) is 0 Å². The number of nitrogens with zero attached hydrogens (tertiary/aromatic N) is 1. The first-order chi connectivity index (χ1) is 9.65. The van der Waals surface area contributed by atoms with Gasteiger partial charge in [-0.05, 0) is 30.4 Å². The summed E-state index contributed by atoms with van der Waals surface area (Å²) >= 11 is 0. The highest BCUT2D eigenvalue weighted by molar-refractivity contribution is 5.88. The van der Waals surface area contributed by atoms with Gasteiger partial charge in [0.15, 0.2) is 0 Å². The molecule has 1 amide bonds. The van der Waals surface area contributed by atoms with E-state index in [-0.39, 0.29) is 11.9 Å². The second-order valence-electron chi connectivity index (χ2n) is 6.15. The van der Waals surface area contributed by atoms with Crippen molar-refractivity contribution in [2.75, 3.05) is 30.3 Å². The zero-order valence-electron chi connectivity index (χ0n) is 12.2. The van der Waals surface area contributed by atoms with Crippen LogP contribution in [-0.2, 0) is 4.79 Å². The zero-order valence-corrected chi connectivity index (χ0v) is 12.2. The lowest BCUT2D eigenvalue weighted by molar-refractivity contribution is -0.134. The van der Waals surface area contributed by atoms with Crippen molar-refractivity contribution in [3.05, 3.63) is 24.3 Å². The number of rotatable bonds is 1. The van der Waals surface area contributed by atoms with Gasteiger partial charge in [0.25, 0.3) is 0 Å². The maximum absolute atomic E-state index is 12.6. The van der Waals surface area contributed by atoms with E-state index in [0.717, 1.165) is 36.8 Å². The van der Waals surface area contributed by atoms with E-state index in [1.807, 2.05) is 29.2 Å². The summed E-state index contributed by atoms with van der Waals surface area (Å²) in [4.78, 5) is 14.7. The van der Waals surface area contributed by atoms with Crippen LogP contribution in [0.4, 0.5) is 11.4 Å². The number of carbonyl (C=O) groups excluding carboxylic acids is 1. The highest BCUT2D eigenvalue weighted by Crippen LogP contribution is 2.27. The molecule has 3 unspecified atom stereocenters. The number of likely N-dealkylation sites (tertiary alicyclic amines) is 1. The Labute approximate surface area is 120 Å². The Bertz CT molecular complexity index is 502. The van der Waals surface area contributed by atoms with Crippen LogP contribution in [-0.4, -0.2) is 36.5 Å². The van der Waals surface area contributed by atoms with E-state index in [1.165, 1.54) is 0 Å². The summed E-state index contributed by atoms with van der Waals surface area (Å²) < 4.78 is 0. The Morgan fingerprint density at radius 1 is 1.20 bits per heavy atom. The van der Waals surface area contributed by atoms with Gasteiger partial charge in [0, 0.05) is 19.6 Å². The molecule has 2 N–H and O–H groups in total. The Balaban J connectivity index is 1.67. The first-order valence-corrected chi connectivity index (χ1v) is 7.53. The molecule has 3 atom stereocenters. The number of amides is 1. The van der Waals surface area contributed by atoms with E-state index in [9.17, 15) is 4.79 Å². The predicted molar refractivity (Wildman–Crippen MR) is 81.9 cm³/mol. The van der Waals surface area contributed by atoms with Crippen molar-refractivity contribution >= 4 is 17.3 Å². The molecule has 0 aliphatic carbocycles. The molecule has 2 aliphatic rings. The molecule has 0 aromatic heterocycles. The van der Waals surface area contributed by atoms with Crippen molar-refractivity contribution in [2.24, 2.45) is 11.8 Å². The lowest BCUT2D eigenvalue weighted by atomic mass is 9.88. The Kier molecular flexibility index (Phi) is 3.55. The minimum atomic E-state index is -0.148. The molecule has 2 heterocycles. The number of para-hydroxylation sites is 2. The summed E-state index contributed by atoms with van der Waals surface area (Å²) in [5, 5.41) is 6.71. The minimum absolute atomic E-state index is 0.148. The predicted octanol–water partition coefficient (Wildman–Crippen LogP) is 2.40. The third kappa shape index (κ3) is 2.47. The Morgan fingerprint density at radius 3 is 2.70 bits per heavy atom. The number of hydrogen-bond donors (Lipinski definition) is 2. The molecule has 4 heteroatoms. The maximum atomic E-state index is 12.6. The second-order valence-corrected chi connectivity index (χ2v) is 6.15. The van der Waals surface area contributed by atoms with Crippen molar-refractivity contribution in [1.82, 2.24) is 4.90 Å². The van der Waals surface area contributed by atoms with Crippen LogP contribution in [0.25, 0.3) is 0 Å². The minimum Gasteiger partial charge on any atom is -0.381 e. The number of carbonyl (C=O) groups is 1. The molecule has 1 saturated heterocycles. The number of hydrogen-bond acceptors (Lipinski definition) is 3. The van der Waals surface area contributed by atoms with E-state index in [2.05, 4.69) is 24.5 Å². The normalized spacial score (nSPS) is 29.1. The smallest absolute Gasteiger partial charge is 0.246 e. The fourth-order valence-electron chi connectivity index (χ4n) is 3.05. The summed E-state index contributed by atoms with van der Waals surface area (Å²) in [6.07, 6.45) is 1.11. The van der Waals surface area contributed by atoms with Crippen LogP contribution in [0.15, 0.2) is 24.3 Å². The third-order valence-corrected chi connectivity index (χ3v) is 4.70. The van der Waals surface area contributed by atoms with Crippen LogP contribution in [0.3, 0.4) is 0 Å². The molecule has 0 spiro atoms. The number of piperidine rings is 1. The van der Waals surface area contributed by atoms with Crippen LogP contribution in [0.2, 0.25) is 0 Å². The van der Waals surface area contributed by atoms with E-state index < -0.39 is 0 Å². The molecule has 2 aliphatic heterocycles. The van der Waals surface area contributed by atoms with Crippen LogP contribution >= 0.6 is 0 Å². The first-order valence-electron chi connectivity index (χ1n) is 7.53. The van der Waals surface area contributed by atoms with Gasteiger partial charge in [-0.3, -0.25) is 4.79 Å². The summed E-state index contributed by atoms with van der Waals surface area (Å²) in [6, 6.07) is 7.90. The Hall–Kier alpha value is -1.71. The highest BCUT2D eigenvalue weighted by atomic mass is 16.2. The molecular formula is C16H23N3O.